The van der Waals surface area contributed by atoms with E-state index < -0.39 is 5.25 Å². The number of aromatic nitrogens is 1. The van der Waals surface area contributed by atoms with Gasteiger partial charge in [-0.2, -0.15) is 4.57 Å². The zero-order valence-corrected chi connectivity index (χ0v) is 29.8. The molecule has 1 unspecified atom stereocenters. The number of ketones is 1. The van der Waals surface area contributed by atoms with Crippen LogP contribution in [0.5, 0.6) is 0 Å². The van der Waals surface area contributed by atoms with Crippen LogP contribution in [0.25, 0.3) is 16.3 Å². The van der Waals surface area contributed by atoms with Gasteiger partial charge in [0.2, 0.25) is 17.3 Å². The minimum absolute atomic E-state index is 0.0553. The lowest BCUT2D eigenvalue weighted by molar-refractivity contribution is -0.659. The molecule has 1 aliphatic carbocycles. The largest absolute Gasteiger partial charge is 0.340 e. The number of Topliss-reactive ketones (excluding diaryl/α,β-unsaturated/α-hetero) is 1. The van der Waals surface area contributed by atoms with Gasteiger partial charge in [0.1, 0.15) is 4.70 Å². The van der Waals surface area contributed by atoms with E-state index in [0.29, 0.717) is 24.2 Å². The van der Waals surface area contributed by atoms with E-state index in [4.69, 9.17) is 0 Å². The van der Waals surface area contributed by atoms with Gasteiger partial charge in [-0.25, -0.2) is 0 Å². The van der Waals surface area contributed by atoms with Gasteiger partial charge in [0.05, 0.1) is 5.25 Å². The van der Waals surface area contributed by atoms with E-state index in [-0.39, 0.29) is 29.4 Å². The van der Waals surface area contributed by atoms with E-state index in [9.17, 15) is 14.4 Å². The molecule has 2 amide bonds. The van der Waals surface area contributed by atoms with Gasteiger partial charge in [0.25, 0.3) is 5.01 Å². The Bertz CT molecular complexity index is 2280. The molecule has 1 atom stereocenters. The van der Waals surface area contributed by atoms with E-state index in [1.807, 2.05) is 60.7 Å². The van der Waals surface area contributed by atoms with Crippen molar-refractivity contribution < 1.29 is 19.0 Å². The fraction of sp³-hybridized carbons (Fsp3) is 0.190. The van der Waals surface area contributed by atoms with Crippen LogP contribution in [0.3, 0.4) is 0 Å². The first-order valence-electron chi connectivity index (χ1n) is 16.8. The molecule has 50 heavy (non-hydrogen) atoms. The summed E-state index contributed by atoms with van der Waals surface area (Å²) in [6.07, 6.45) is 4.14. The molecule has 0 radical (unpaired) electrons. The number of para-hydroxylation sites is 2. The molecule has 1 saturated heterocycles. The Morgan fingerprint density at radius 2 is 1.50 bits per heavy atom. The van der Waals surface area contributed by atoms with Crippen LogP contribution in [0.2, 0.25) is 0 Å². The molecule has 1 fully saturated rings. The summed E-state index contributed by atoms with van der Waals surface area (Å²) in [5.41, 5.74) is 7.55. The van der Waals surface area contributed by atoms with Crippen molar-refractivity contribution in [2.45, 2.75) is 44.0 Å². The molecule has 3 heterocycles. The van der Waals surface area contributed by atoms with Gasteiger partial charge in [-0.15, -0.1) is 11.8 Å². The van der Waals surface area contributed by atoms with Gasteiger partial charge in [0, 0.05) is 70.6 Å². The topological polar surface area (TPSA) is 61.6 Å². The van der Waals surface area contributed by atoms with Gasteiger partial charge in [-0.3, -0.25) is 19.3 Å². The molecule has 5 aromatic rings. The molecule has 8 heteroatoms. The average molecular weight is 695 g/mol. The van der Waals surface area contributed by atoms with Crippen LogP contribution in [-0.2, 0) is 32.9 Å². The Balaban J connectivity index is 1.27. The van der Waals surface area contributed by atoms with E-state index in [0.717, 1.165) is 37.1 Å². The Hall–Kier alpha value is -5.05. The van der Waals surface area contributed by atoms with Gasteiger partial charge in [0.15, 0.2) is 12.3 Å². The average Bonchev–Trinajstić information content (AvgIpc) is 3.68. The number of benzene rings is 4. The summed E-state index contributed by atoms with van der Waals surface area (Å²) in [7, 11) is 1.54. The molecule has 0 saturated carbocycles. The Kier molecular flexibility index (Phi) is 8.16. The van der Waals surface area contributed by atoms with E-state index in [1.54, 1.807) is 11.3 Å². The van der Waals surface area contributed by atoms with Crippen molar-refractivity contribution in [2.24, 2.45) is 0 Å². The van der Waals surface area contributed by atoms with Crippen molar-refractivity contribution in [3.8, 4) is 0 Å². The molecule has 3 aliphatic rings. The highest BCUT2D eigenvalue weighted by atomic mass is 32.2. The van der Waals surface area contributed by atoms with Crippen LogP contribution in [0.4, 0.5) is 5.69 Å². The van der Waals surface area contributed by atoms with Crippen LogP contribution in [-0.4, -0.2) is 34.8 Å². The number of carbonyl (C=O) groups excluding carboxylic acids is 3. The summed E-state index contributed by atoms with van der Waals surface area (Å²) in [5.74, 6) is -0.477. The Labute approximate surface area is 300 Å². The van der Waals surface area contributed by atoms with Crippen molar-refractivity contribution in [1.82, 2.24) is 4.90 Å². The molecular formula is C42H36N3O3S2+. The van der Waals surface area contributed by atoms with Crippen LogP contribution in [0.15, 0.2) is 137 Å². The predicted octanol–water partition coefficient (Wildman–Crippen LogP) is 7.83. The van der Waals surface area contributed by atoms with Gasteiger partial charge < -0.3 is 4.90 Å². The third-order valence-electron chi connectivity index (χ3n) is 9.93. The summed E-state index contributed by atoms with van der Waals surface area (Å²) in [5, 5.41) is 0.369. The van der Waals surface area contributed by atoms with Crippen molar-refractivity contribution in [2.75, 3.05) is 11.9 Å². The lowest BCUT2D eigenvalue weighted by Crippen LogP contribution is -2.36. The maximum absolute atomic E-state index is 14.4. The van der Waals surface area contributed by atoms with Crippen molar-refractivity contribution in [1.29, 1.82) is 0 Å². The number of thiazole rings is 1. The first-order chi connectivity index (χ1) is 24.2. The molecule has 0 spiro atoms. The molecule has 8 rings (SSSR count). The van der Waals surface area contributed by atoms with Gasteiger partial charge in [-0.05, 0) is 29.3 Å². The molecule has 4 aromatic carbocycles. The summed E-state index contributed by atoms with van der Waals surface area (Å²) in [6, 6.07) is 37.4. The number of anilines is 1. The second-order valence-electron chi connectivity index (χ2n) is 13.5. The minimum Gasteiger partial charge on any atom is -0.340 e. The van der Waals surface area contributed by atoms with Gasteiger partial charge in [-0.1, -0.05) is 116 Å². The number of carbonyl (C=O) groups is 3. The molecule has 2 aliphatic heterocycles. The van der Waals surface area contributed by atoms with Crippen LogP contribution < -0.4 is 9.47 Å². The minimum atomic E-state index is -0.583. The number of amides is 2. The molecule has 1 aromatic heterocycles. The summed E-state index contributed by atoms with van der Waals surface area (Å²) in [4.78, 5) is 44.5. The zero-order chi connectivity index (χ0) is 34.6. The third-order valence-corrected chi connectivity index (χ3v) is 12.4. The molecule has 248 valence electrons. The first kappa shape index (κ1) is 32.2. The number of fused-ring (bicyclic) bond motifs is 2. The second kappa shape index (κ2) is 12.7. The van der Waals surface area contributed by atoms with E-state index in [2.05, 4.69) is 84.0 Å². The summed E-state index contributed by atoms with van der Waals surface area (Å²) in [6.45, 7) is 5.71. The van der Waals surface area contributed by atoms with Crippen LogP contribution in [0, 0.1) is 0 Å². The van der Waals surface area contributed by atoms with Crippen molar-refractivity contribution in [3.63, 3.8) is 0 Å². The summed E-state index contributed by atoms with van der Waals surface area (Å²) >= 11 is 2.99. The molecule has 0 N–H and O–H groups in total. The number of thioether (sulfide) groups is 1. The third kappa shape index (κ3) is 5.53. The second-order valence-corrected chi connectivity index (χ2v) is 15.7. The maximum Gasteiger partial charge on any atom is 0.263 e. The maximum atomic E-state index is 14.4. The van der Waals surface area contributed by atoms with Crippen LogP contribution >= 0.6 is 23.1 Å². The lowest BCUT2D eigenvalue weighted by atomic mass is 9.81. The standard InChI is InChI=1S/C42H36N3O3S2/c1-42(2)31-18-10-11-19-32(31)44(25-27-14-6-4-7-15-27)36(42)22-29-39(47)30(40(29)50-35-24-37(46)43(3)41(35)48)23-38-45(26-28-16-8-5-9-17-28)33-20-12-13-21-34(33)49-38/h4-23,35H,24-26H2,1-3H3/q+1. The van der Waals surface area contributed by atoms with Gasteiger partial charge >= 0.3 is 0 Å². The fourth-order valence-electron chi connectivity index (χ4n) is 7.17. The number of likely N-dealkylation sites (tertiary alicyclic amines) is 1. The highest BCUT2D eigenvalue weighted by Gasteiger charge is 2.45. The quantitative estimate of drug-likeness (QED) is 0.0942. The first-order valence-corrected chi connectivity index (χ1v) is 18.5. The van der Waals surface area contributed by atoms with E-state index >= 15 is 0 Å². The number of imide groups is 1. The van der Waals surface area contributed by atoms with Crippen LogP contribution in [0.1, 0.15) is 42.0 Å². The highest BCUT2D eigenvalue weighted by Crippen LogP contribution is 2.51. The highest BCUT2D eigenvalue weighted by molar-refractivity contribution is 8.04. The number of allylic oxidation sites excluding steroid dienone is 4. The monoisotopic (exact) mass is 694 g/mol. The molecule has 0 bridgehead atoms. The molecule has 6 nitrogen and oxygen atoms in total. The zero-order valence-electron chi connectivity index (χ0n) is 28.1. The SMILES string of the molecule is CN1C(=O)CC(SC2=C(C=C3N(Cc4ccccc4)c4ccccc4C3(C)C)C(=O)C2=Cc2sc3ccccc3[n+]2Cc2ccccc2)C1=O. The Morgan fingerprint density at radius 3 is 2.22 bits per heavy atom. The smallest absolute Gasteiger partial charge is 0.263 e. The Morgan fingerprint density at radius 1 is 0.840 bits per heavy atom. The number of hydrogen-bond acceptors (Lipinski definition) is 6. The van der Waals surface area contributed by atoms with Crippen molar-refractivity contribution >= 4 is 62.7 Å². The number of hydrogen-bond donors (Lipinski definition) is 0. The molecular weight excluding hydrogens is 659 g/mol. The fourth-order valence-corrected chi connectivity index (χ4v) is 9.60. The van der Waals surface area contributed by atoms with Crippen molar-refractivity contribution in [3.05, 3.63) is 159 Å². The predicted molar refractivity (Wildman–Crippen MR) is 202 cm³/mol. The number of rotatable bonds is 8. The normalized spacial score (nSPS) is 20.1. The summed E-state index contributed by atoms with van der Waals surface area (Å²) < 4.78 is 3.38. The lowest BCUT2D eigenvalue weighted by Gasteiger charge is -2.30. The number of nitrogens with zero attached hydrogens (tertiary/aromatic N) is 3. The van der Waals surface area contributed by atoms with E-state index in [1.165, 1.54) is 34.8 Å².